The van der Waals surface area contributed by atoms with Gasteiger partial charge in [-0.25, -0.2) is 0 Å². The molecule has 0 fully saturated rings. The summed E-state index contributed by atoms with van der Waals surface area (Å²) in [7, 11) is 0. The van der Waals surface area contributed by atoms with Gasteiger partial charge in [-0.3, -0.25) is 0 Å². The molecule has 1 heterocycles. The molecule has 1 aliphatic heterocycles. The predicted octanol–water partition coefficient (Wildman–Crippen LogP) is 3.26. The van der Waals surface area contributed by atoms with E-state index in [9.17, 15) is 0 Å². The van der Waals surface area contributed by atoms with E-state index < -0.39 is 0 Å². The number of hydrogen-bond acceptors (Lipinski definition) is 1. The molecule has 1 aromatic carbocycles. The van der Waals surface area contributed by atoms with E-state index in [0.717, 1.165) is 25.4 Å². The van der Waals surface area contributed by atoms with E-state index in [1.54, 1.807) is 0 Å². The highest BCUT2D eigenvalue weighted by atomic mass is 14.8. The average molecular weight is 215 g/mol. The molecule has 0 spiro atoms. The summed E-state index contributed by atoms with van der Waals surface area (Å²) in [5.74, 6) is 0.740. The summed E-state index contributed by atoms with van der Waals surface area (Å²) in [6.45, 7) is 6.66. The molecule has 0 aromatic heterocycles. The van der Waals surface area contributed by atoms with Crippen molar-refractivity contribution in [2.45, 2.75) is 26.7 Å². The molecule has 86 valence electrons. The van der Waals surface area contributed by atoms with Crippen LogP contribution in [0.15, 0.2) is 30.3 Å². The largest absolute Gasteiger partial charge is 0.313 e. The Hall–Kier alpha value is -1.08. The van der Waals surface area contributed by atoms with E-state index in [1.807, 2.05) is 0 Å². The minimum Gasteiger partial charge on any atom is -0.313 e. The summed E-state index contributed by atoms with van der Waals surface area (Å²) in [6.07, 6.45) is 4.64. The molecule has 0 aliphatic carbocycles. The molecule has 0 saturated heterocycles. The molecule has 0 bridgehead atoms. The Labute approximate surface area is 98.6 Å². The highest BCUT2D eigenvalue weighted by Crippen LogP contribution is 2.20. The van der Waals surface area contributed by atoms with Gasteiger partial charge in [0, 0.05) is 6.54 Å². The second-order valence-electron chi connectivity index (χ2n) is 4.98. The van der Waals surface area contributed by atoms with Gasteiger partial charge in [-0.15, -0.1) is 0 Å². The SMILES string of the molecule is CC(C)Cc1ccc(C2=CCNCC2)cc1. The molecule has 1 aliphatic rings. The topological polar surface area (TPSA) is 12.0 Å². The van der Waals surface area contributed by atoms with Crippen LogP contribution in [-0.2, 0) is 6.42 Å². The molecule has 0 radical (unpaired) electrons. The lowest BCUT2D eigenvalue weighted by atomic mass is 9.96. The predicted molar refractivity (Wildman–Crippen MR) is 70.4 cm³/mol. The third-order valence-electron chi connectivity index (χ3n) is 3.03. The average Bonchev–Trinajstić information content (AvgIpc) is 2.30. The first kappa shape index (κ1) is 11.4. The first-order chi connectivity index (χ1) is 7.75. The summed E-state index contributed by atoms with van der Waals surface area (Å²) in [5.41, 5.74) is 4.34. The lowest BCUT2D eigenvalue weighted by Gasteiger charge is -2.14. The Kier molecular flexibility index (Phi) is 3.79. The molecule has 16 heavy (non-hydrogen) atoms. The summed E-state index contributed by atoms with van der Waals surface area (Å²) < 4.78 is 0. The zero-order valence-electron chi connectivity index (χ0n) is 10.3. The molecular weight excluding hydrogens is 194 g/mol. The molecule has 1 nitrogen and oxygen atoms in total. The summed E-state index contributed by atoms with van der Waals surface area (Å²) in [4.78, 5) is 0. The van der Waals surface area contributed by atoms with Crippen molar-refractivity contribution in [3.05, 3.63) is 41.5 Å². The molecule has 0 unspecified atom stereocenters. The van der Waals surface area contributed by atoms with Gasteiger partial charge in [0.05, 0.1) is 0 Å². The van der Waals surface area contributed by atoms with Crippen LogP contribution in [0, 0.1) is 5.92 Å². The van der Waals surface area contributed by atoms with Crippen molar-refractivity contribution in [3.8, 4) is 0 Å². The van der Waals surface area contributed by atoms with Gasteiger partial charge in [-0.05, 0) is 42.0 Å². The maximum Gasteiger partial charge on any atom is 0.0140 e. The van der Waals surface area contributed by atoms with Gasteiger partial charge in [0.2, 0.25) is 0 Å². The summed E-state index contributed by atoms with van der Waals surface area (Å²) in [6, 6.07) is 9.10. The maximum absolute atomic E-state index is 3.35. The minimum absolute atomic E-state index is 0.740. The van der Waals surface area contributed by atoms with E-state index in [4.69, 9.17) is 0 Å². The monoisotopic (exact) mass is 215 g/mol. The van der Waals surface area contributed by atoms with Crippen LogP contribution >= 0.6 is 0 Å². The van der Waals surface area contributed by atoms with Crippen molar-refractivity contribution in [2.24, 2.45) is 5.92 Å². The zero-order chi connectivity index (χ0) is 11.4. The Morgan fingerprint density at radius 2 is 1.94 bits per heavy atom. The highest BCUT2D eigenvalue weighted by Gasteiger charge is 2.05. The first-order valence-corrected chi connectivity index (χ1v) is 6.25. The molecular formula is C15H21N. The van der Waals surface area contributed by atoms with E-state index >= 15 is 0 Å². The van der Waals surface area contributed by atoms with Crippen molar-refractivity contribution in [1.82, 2.24) is 5.32 Å². The van der Waals surface area contributed by atoms with E-state index in [0.29, 0.717) is 0 Å². The van der Waals surface area contributed by atoms with Crippen LogP contribution < -0.4 is 5.32 Å². The van der Waals surface area contributed by atoms with Gasteiger partial charge in [0.1, 0.15) is 0 Å². The Balaban J connectivity index is 2.09. The van der Waals surface area contributed by atoms with Gasteiger partial charge in [-0.2, -0.15) is 0 Å². The minimum atomic E-state index is 0.740. The van der Waals surface area contributed by atoms with Gasteiger partial charge in [0.25, 0.3) is 0 Å². The fourth-order valence-electron chi connectivity index (χ4n) is 2.21. The highest BCUT2D eigenvalue weighted by molar-refractivity contribution is 5.66. The van der Waals surface area contributed by atoms with Gasteiger partial charge in [-0.1, -0.05) is 44.2 Å². The van der Waals surface area contributed by atoms with Crippen molar-refractivity contribution >= 4 is 5.57 Å². The van der Waals surface area contributed by atoms with Crippen molar-refractivity contribution in [3.63, 3.8) is 0 Å². The fourth-order valence-corrected chi connectivity index (χ4v) is 2.21. The third-order valence-corrected chi connectivity index (χ3v) is 3.03. The van der Waals surface area contributed by atoms with Crippen LogP contribution in [0.4, 0.5) is 0 Å². The van der Waals surface area contributed by atoms with Crippen molar-refractivity contribution < 1.29 is 0 Å². The molecule has 2 rings (SSSR count). The quantitative estimate of drug-likeness (QED) is 0.816. The van der Waals surface area contributed by atoms with E-state index in [2.05, 4.69) is 49.5 Å². The number of hydrogen-bond donors (Lipinski definition) is 1. The number of nitrogens with one attached hydrogen (secondary N) is 1. The normalized spacial score (nSPS) is 16.3. The van der Waals surface area contributed by atoms with Crippen LogP contribution in [0.3, 0.4) is 0 Å². The van der Waals surface area contributed by atoms with Crippen molar-refractivity contribution in [2.75, 3.05) is 13.1 Å². The van der Waals surface area contributed by atoms with Crippen LogP contribution in [0.1, 0.15) is 31.4 Å². The Morgan fingerprint density at radius 3 is 2.50 bits per heavy atom. The first-order valence-electron chi connectivity index (χ1n) is 6.25. The van der Waals surface area contributed by atoms with Gasteiger partial charge in [0.15, 0.2) is 0 Å². The van der Waals surface area contributed by atoms with E-state index in [1.165, 1.54) is 23.1 Å². The van der Waals surface area contributed by atoms with E-state index in [-0.39, 0.29) is 0 Å². The van der Waals surface area contributed by atoms with Crippen LogP contribution in [0.5, 0.6) is 0 Å². The zero-order valence-corrected chi connectivity index (χ0v) is 10.3. The maximum atomic E-state index is 3.35. The molecule has 1 N–H and O–H groups in total. The summed E-state index contributed by atoms with van der Waals surface area (Å²) in [5, 5.41) is 3.35. The van der Waals surface area contributed by atoms with Crippen LogP contribution in [-0.4, -0.2) is 13.1 Å². The van der Waals surface area contributed by atoms with Crippen LogP contribution in [0.2, 0.25) is 0 Å². The molecule has 0 amide bonds. The Bertz CT molecular complexity index is 360. The standard InChI is InChI=1S/C15H21N/c1-12(2)11-13-3-5-14(6-4-13)15-7-9-16-10-8-15/h3-7,12,16H,8-11H2,1-2H3. The third kappa shape index (κ3) is 2.96. The molecule has 1 aromatic rings. The second-order valence-corrected chi connectivity index (χ2v) is 4.98. The molecule has 0 atom stereocenters. The second kappa shape index (κ2) is 5.31. The molecule has 1 heteroatoms. The lowest BCUT2D eigenvalue weighted by molar-refractivity contribution is 0.647. The Morgan fingerprint density at radius 1 is 1.19 bits per heavy atom. The lowest BCUT2D eigenvalue weighted by Crippen LogP contribution is -2.19. The fraction of sp³-hybridized carbons (Fsp3) is 0.467. The van der Waals surface area contributed by atoms with Gasteiger partial charge < -0.3 is 5.32 Å². The summed E-state index contributed by atoms with van der Waals surface area (Å²) >= 11 is 0. The van der Waals surface area contributed by atoms with Crippen LogP contribution in [0.25, 0.3) is 5.57 Å². The number of benzene rings is 1. The number of rotatable bonds is 3. The smallest absolute Gasteiger partial charge is 0.0140 e. The molecule has 0 saturated carbocycles. The van der Waals surface area contributed by atoms with Crippen molar-refractivity contribution in [1.29, 1.82) is 0 Å². The van der Waals surface area contributed by atoms with Gasteiger partial charge >= 0.3 is 0 Å².